The van der Waals surface area contributed by atoms with Crippen LogP contribution in [0, 0.1) is 6.92 Å². The summed E-state index contributed by atoms with van der Waals surface area (Å²) in [5.74, 6) is 0.835. The number of hydrogen-bond acceptors (Lipinski definition) is 4. The molecule has 1 aromatic carbocycles. The third-order valence-electron chi connectivity index (χ3n) is 4.33. The first kappa shape index (κ1) is 17.5. The van der Waals surface area contributed by atoms with Gasteiger partial charge in [0.15, 0.2) is 0 Å². The fourth-order valence-electron chi connectivity index (χ4n) is 3.00. The summed E-state index contributed by atoms with van der Waals surface area (Å²) in [5, 5.41) is 1.09. The first-order valence-corrected chi connectivity index (χ1v) is 8.79. The first-order valence-electron chi connectivity index (χ1n) is 8.79. The van der Waals surface area contributed by atoms with Gasteiger partial charge in [-0.1, -0.05) is 6.92 Å². The number of ether oxygens (including phenoxy) is 2. The number of rotatable bonds is 1. The summed E-state index contributed by atoms with van der Waals surface area (Å²) in [7, 11) is 0. The number of amides is 1. The lowest BCUT2D eigenvalue weighted by molar-refractivity contribution is 0.0177. The average Bonchev–Trinajstić information content (AvgIpc) is 2.70. The van der Waals surface area contributed by atoms with Gasteiger partial charge in [-0.05, 0) is 57.9 Å². The van der Waals surface area contributed by atoms with Gasteiger partial charge < -0.3 is 14.4 Å². The minimum absolute atomic E-state index is 0.0526. The molecule has 0 unspecified atom stereocenters. The lowest BCUT2D eigenvalue weighted by Crippen LogP contribution is -2.40. The van der Waals surface area contributed by atoms with Gasteiger partial charge in [-0.25, -0.2) is 4.79 Å². The largest absolute Gasteiger partial charge is 0.488 e. The van der Waals surface area contributed by atoms with Crippen LogP contribution in [0.15, 0.2) is 24.4 Å². The molecule has 1 aliphatic rings. The van der Waals surface area contributed by atoms with Gasteiger partial charge in [-0.3, -0.25) is 4.98 Å². The highest BCUT2D eigenvalue weighted by molar-refractivity contribution is 5.84. The molecule has 0 spiro atoms. The van der Waals surface area contributed by atoms with Crippen LogP contribution in [0.3, 0.4) is 0 Å². The van der Waals surface area contributed by atoms with Crippen molar-refractivity contribution in [2.75, 3.05) is 6.54 Å². The van der Waals surface area contributed by atoms with Gasteiger partial charge in [0.2, 0.25) is 0 Å². The van der Waals surface area contributed by atoms with E-state index < -0.39 is 5.60 Å². The van der Waals surface area contributed by atoms with E-state index >= 15 is 0 Å². The van der Waals surface area contributed by atoms with Crippen LogP contribution in [0.2, 0.25) is 0 Å². The second-order valence-electron chi connectivity index (χ2n) is 7.61. The van der Waals surface area contributed by atoms with Gasteiger partial charge in [0.05, 0.1) is 18.6 Å². The number of pyridine rings is 1. The first-order chi connectivity index (χ1) is 11.8. The Balaban J connectivity index is 1.99. The molecule has 1 amide bonds. The maximum Gasteiger partial charge on any atom is 0.410 e. The Labute approximate surface area is 148 Å². The predicted octanol–water partition coefficient (Wildman–Crippen LogP) is 4.45. The van der Waals surface area contributed by atoms with Crippen molar-refractivity contribution in [2.45, 2.75) is 59.3 Å². The molecule has 2 heterocycles. The molecule has 1 atom stereocenters. The van der Waals surface area contributed by atoms with Gasteiger partial charge >= 0.3 is 6.09 Å². The fraction of sp³-hybridized carbons (Fsp3) is 0.500. The standard InChI is InChI=1S/C20H26N2O3/c1-6-15-12-22(19(23)25-20(3,4)5)11-14-9-17-16(10-18(14)24-15)13(2)7-8-21-17/h7-10,15H,6,11-12H2,1-5H3/t15-/m1/s1. The van der Waals surface area contributed by atoms with E-state index in [-0.39, 0.29) is 12.2 Å². The van der Waals surface area contributed by atoms with Crippen LogP contribution >= 0.6 is 0 Å². The molecule has 5 heteroatoms. The molecule has 0 aliphatic carbocycles. The minimum Gasteiger partial charge on any atom is -0.488 e. The van der Waals surface area contributed by atoms with Crippen LogP contribution in [-0.2, 0) is 11.3 Å². The lowest BCUT2D eigenvalue weighted by atomic mass is 10.1. The molecule has 0 saturated carbocycles. The molecule has 5 nitrogen and oxygen atoms in total. The van der Waals surface area contributed by atoms with Gasteiger partial charge in [0.25, 0.3) is 0 Å². The van der Waals surface area contributed by atoms with E-state index in [1.54, 1.807) is 4.90 Å². The summed E-state index contributed by atoms with van der Waals surface area (Å²) in [6, 6.07) is 6.07. The highest BCUT2D eigenvalue weighted by Crippen LogP contribution is 2.32. The molecule has 1 aromatic heterocycles. The smallest absolute Gasteiger partial charge is 0.410 e. The summed E-state index contributed by atoms with van der Waals surface area (Å²) in [6.45, 7) is 10.8. The summed E-state index contributed by atoms with van der Waals surface area (Å²) >= 11 is 0. The molecule has 0 fully saturated rings. The van der Waals surface area contributed by atoms with Crippen LogP contribution in [0.5, 0.6) is 5.75 Å². The van der Waals surface area contributed by atoms with Crippen molar-refractivity contribution >= 4 is 17.0 Å². The summed E-state index contributed by atoms with van der Waals surface area (Å²) < 4.78 is 11.8. The summed E-state index contributed by atoms with van der Waals surface area (Å²) in [5.41, 5.74) is 2.53. The normalized spacial score (nSPS) is 17.6. The summed E-state index contributed by atoms with van der Waals surface area (Å²) in [4.78, 5) is 18.8. The van der Waals surface area contributed by atoms with Crippen LogP contribution < -0.4 is 4.74 Å². The number of aromatic nitrogens is 1. The van der Waals surface area contributed by atoms with Crippen molar-refractivity contribution in [1.82, 2.24) is 9.88 Å². The Morgan fingerprint density at radius 1 is 1.40 bits per heavy atom. The predicted molar refractivity (Wildman–Crippen MR) is 97.8 cm³/mol. The van der Waals surface area contributed by atoms with Crippen LogP contribution in [0.4, 0.5) is 4.79 Å². The number of fused-ring (bicyclic) bond motifs is 2. The maximum absolute atomic E-state index is 12.6. The molecule has 0 N–H and O–H groups in total. The molecule has 0 saturated heterocycles. The van der Waals surface area contributed by atoms with Crippen molar-refractivity contribution in [2.24, 2.45) is 0 Å². The van der Waals surface area contributed by atoms with Crippen molar-refractivity contribution in [3.8, 4) is 5.75 Å². The zero-order chi connectivity index (χ0) is 18.2. The number of nitrogens with zero attached hydrogens (tertiary/aromatic N) is 2. The second-order valence-corrected chi connectivity index (χ2v) is 7.61. The van der Waals surface area contributed by atoms with Crippen molar-refractivity contribution in [3.05, 3.63) is 35.5 Å². The summed E-state index contributed by atoms with van der Waals surface area (Å²) in [6.07, 6.45) is 2.27. The number of benzene rings is 1. The highest BCUT2D eigenvalue weighted by atomic mass is 16.6. The molecule has 25 heavy (non-hydrogen) atoms. The molecular formula is C20H26N2O3. The lowest BCUT2D eigenvalue weighted by Gasteiger charge is -2.27. The number of carbonyl (C=O) groups excluding carboxylic acids is 1. The zero-order valence-electron chi connectivity index (χ0n) is 15.6. The maximum atomic E-state index is 12.6. The van der Waals surface area contributed by atoms with E-state index in [0.717, 1.165) is 34.2 Å². The Kier molecular flexibility index (Phi) is 4.58. The molecular weight excluding hydrogens is 316 g/mol. The van der Waals surface area contributed by atoms with E-state index in [0.29, 0.717) is 13.1 Å². The van der Waals surface area contributed by atoms with Gasteiger partial charge in [0, 0.05) is 17.1 Å². The van der Waals surface area contributed by atoms with E-state index in [4.69, 9.17) is 9.47 Å². The SMILES string of the molecule is CC[C@@H]1CN(C(=O)OC(C)(C)C)Cc2cc3nccc(C)c3cc2O1. The number of aryl methyl sites for hydroxylation is 1. The molecule has 134 valence electrons. The van der Waals surface area contributed by atoms with Gasteiger partial charge in [0.1, 0.15) is 17.5 Å². The van der Waals surface area contributed by atoms with Crippen molar-refractivity contribution < 1.29 is 14.3 Å². The quantitative estimate of drug-likeness (QED) is 0.768. The Bertz CT molecular complexity index is 795. The average molecular weight is 342 g/mol. The molecule has 2 aromatic rings. The van der Waals surface area contributed by atoms with E-state index in [9.17, 15) is 4.79 Å². The third-order valence-corrected chi connectivity index (χ3v) is 4.33. The number of carbonyl (C=O) groups is 1. The topological polar surface area (TPSA) is 51.7 Å². The van der Waals surface area contributed by atoms with E-state index in [1.165, 1.54) is 0 Å². The van der Waals surface area contributed by atoms with E-state index in [2.05, 4.69) is 18.8 Å². The monoisotopic (exact) mass is 342 g/mol. The minimum atomic E-state index is -0.517. The fourth-order valence-corrected chi connectivity index (χ4v) is 3.00. The van der Waals surface area contributed by atoms with Gasteiger partial charge in [-0.15, -0.1) is 0 Å². The molecule has 3 rings (SSSR count). The Morgan fingerprint density at radius 2 is 2.16 bits per heavy atom. The highest BCUT2D eigenvalue weighted by Gasteiger charge is 2.29. The van der Waals surface area contributed by atoms with Crippen LogP contribution in [0.1, 0.15) is 45.2 Å². The Hall–Kier alpha value is -2.30. The Morgan fingerprint density at radius 3 is 2.84 bits per heavy atom. The molecule has 0 radical (unpaired) electrons. The second kappa shape index (κ2) is 6.54. The third kappa shape index (κ3) is 3.86. The van der Waals surface area contributed by atoms with Crippen LogP contribution in [-0.4, -0.2) is 34.2 Å². The van der Waals surface area contributed by atoms with Crippen molar-refractivity contribution in [3.63, 3.8) is 0 Å². The van der Waals surface area contributed by atoms with Crippen LogP contribution in [0.25, 0.3) is 10.9 Å². The number of hydrogen-bond donors (Lipinski definition) is 0. The zero-order valence-corrected chi connectivity index (χ0v) is 15.6. The van der Waals surface area contributed by atoms with E-state index in [1.807, 2.05) is 45.2 Å². The van der Waals surface area contributed by atoms with Gasteiger partial charge in [-0.2, -0.15) is 0 Å². The molecule has 1 aliphatic heterocycles. The van der Waals surface area contributed by atoms with Crippen molar-refractivity contribution in [1.29, 1.82) is 0 Å². The molecule has 0 bridgehead atoms.